The Morgan fingerprint density at radius 1 is 1.32 bits per heavy atom. The van der Waals surface area contributed by atoms with E-state index in [1.807, 2.05) is 16.5 Å². The molecular weight excluding hydrogens is 280 g/mol. The molecule has 1 aromatic rings. The summed E-state index contributed by atoms with van der Waals surface area (Å²) in [7, 11) is 3.63. The molecule has 1 saturated carbocycles. The predicted molar refractivity (Wildman–Crippen MR) is 81.9 cm³/mol. The van der Waals surface area contributed by atoms with Crippen molar-refractivity contribution < 1.29 is 9.53 Å². The van der Waals surface area contributed by atoms with Crippen LogP contribution in [0.2, 0.25) is 0 Å². The summed E-state index contributed by atoms with van der Waals surface area (Å²) in [4.78, 5) is 15.1. The van der Waals surface area contributed by atoms with Gasteiger partial charge in [-0.25, -0.2) is 0 Å². The van der Waals surface area contributed by atoms with Crippen LogP contribution in [0.1, 0.15) is 46.0 Å². The van der Waals surface area contributed by atoms with E-state index in [0.29, 0.717) is 6.54 Å². The maximum atomic E-state index is 13.1. The quantitative estimate of drug-likeness (QED) is 0.854. The van der Waals surface area contributed by atoms with Gasteiger partial charge in [-0.15, -0.1) is 10.2 Å². The molecule has 3 rings (SSSR count). The number of nitrogens with zero attached hydrogens (tertiary/aromatic N) is 4. The van der Waals surface area contributed by atoms with E-state index in [1.54, 1.807) is 13.4 Å². The van der Waals surface area contributed by atoms with E-state index in [-0.39, 0.29) is 34.8 Å². The summed E-state index contributed by atoms with van der Waals surface area (Å²) in [5.74, 6) is 1.12. The Balaban J connectivity index is 1.88. The fourth-order valence-electron chi connectivity index (χ4n) is 4.03. The SMILES string of the molecule is CO[C@@H]1C[C@@H](c2nncn2C)N(C(=O)C2C(C)(C)C2(C)C)C1. The maximum absolute atomic E-state index is 13.1. The molecule has 2 aliphatic rings. The average Bonchev–Trinajstić information content (AvgIpc) is 2.89. The second-order valence-electron chi connectivity index (χ2n) is 7.78. The first-order valence-electron chi connectivity index (χ1n) is 7.89. The van der Waals surface area contributed by atoms with Crippen molar-refractivity contribution in [2.75, 3.05) is 13.7 Å². The second-order valence-corrected chi connectivity index (χ2v) is 7.78. The molecule has 0 radical (unpaired) electrons. The third-order valence-corrected chi connectivity index (χ3v) is 6.19. The average molecular weight is 306 g/mol. The van der Waals surface area contributed by atoms with Crippen molar-refractivity contribution in [3.8, 4) is 0 Å². The Bertz CT molecular complexity index is 579. The van der Waals surface area contributed by atoms with Gasteiger partial charge in [0.2, 0.25) is 5.91 Å². The van der Waals surface area contributed by atoms with E-state index in [0.717, 1.165) is 12.2 Å². The normalized spacial score (nSPS) is 29.8. The molecule has 0 spiro atoms. The Hall–Kier alpha value is -1.43. The lowest BCUT2D eigenvalue weighted by atomic mass is 10.0. The van der Waals surface area contributed by atoms with E-state index in [9.17, 15) is 4.79 Å². The van der Waals surface area contributed by atoms with Gasteiger partial charge in [0.15, 0.2) is 5.82 Å². The highest BCUT2D eigenvalue weighted by Crippen LogP contribution is 2.69. The van der Waals surface area contributed by atoms with Crippen LogP contribution < -0.4 is 0 Å². The number of methoxy groups -OCH3 is 1. The van der Waals surface area contributed by atoms with Crippen molar-refractivity contribution in [2.45, 2.75) is 46.3 Å². The number of hydrogen-bond donors (Lipinski definition) is 0. The smallest absolute Gasteiger partial charge is 0.227 e. The van der Waals surface area contributed by atoms with Crippen LogP contribution in [0.4, 0.5) is 0 Å². The predicted octanol–water partition coefficient (Wildman–Crippen LogP) is 1.79. The molecule has 2 atom stereocenters. The van der Waals surface area contributed by atoms with Gasteiger partial charge in [0.25, 0.3) is 0 Å². The topological polar surface area (TPSA) is 60.3 Å². The van der Waals surface area contributed by atoms with Crippen molar-refractivity contribution >= 4 is 5.91 Å². The molecule has 0 unspecified atom stereocenters. The summed E-state index contributed by atoms with van der Waals surface area (Å²) in [6.45, 7) is 9.34. The summed E-state index contributed by atoms with van der Waals surface area (Å²) in [5.41, 5.74) is 0.0827. The number of hydrogen-bond acceptors (Lipinski definition) is 4. The lowest BCUT2D eigenvalue weighted by Crippen LogP contribution is -2.35. The zero-order chi connectivity index (χ0) is 16.3. The van der Waals surface area contributed by atoms with Gasteiger partial charge in [0.1, 0.15) is 6.33 Å². The molecule has 1 saturated heterocycles. The fraction of sp³-hybridized carbons (Fsp3) is 0.812. The Kier molecular flexibility index (Phi) is 3.36. The Morgan fingerprint density at radius 2 is 1.95 bits per heavy atom. The summed E-state index contributed by atoms with van der Waals surface area (Å²) in [5, 5.41) is 8.18. The van der Waals surface area contributed by atoms with Crippen LogP contribution in [0.15, 0.2) is 6.33 Å². The van der Waals surface area contributed by atoms with E-state index in [4.69, 9.17) is 4.74 Å². The lowest BCUT2D eigenvalue weighted by Gasteiger charge is -2.24. The highest BCUT2D eigenvalue weighted by Gasteiger charge is 2.69. The zero-order valence-electron chi connectivity index (χ0n) is 14.3. The number of likely N-dealkylation sites (tertiary alicyclic amines) is 1. The number of ether oxygens (including phenoxy) is 1. The molecule has 2 fully saturated rings. The monoisotopic (exact) mass is 306 g/mol. The molecule has 0 bridgehead atoms. The van der Waals surface area contributed by atoms with Crippen molar-refractivity contribution in [1.82, 2.24) is 19.7 Å². The maximum Gasteiger partial charge on any atom is 0.227 e. The third kappa shape index (κ3) is 2.00. The van der Waals surface area contributed by atoms with Crippen molar-refractivity contribution in [1.29, 1.82) is 0 Å². The molecule has 1 aromatic heterocycles. The van der Waals surface area contributed by atoms with Crippen molar-refractivity contribution in [3.63, 3.8) is 0 Å². The summed E-state index contributed by atoms with van der Waals surface area (Å²) in [6, 6.07) is -0.0443. The van der Waals surface area contributed by atoms with Gasteiger partial charge < -0.3 is 14.2 Å². The molecule has 122 valence electrons. The highest BCUT2D eigenvalue weighted by molar-refractivity contribution is 5.85. The summed E-state index contributed by atoms with van der Waals surface area (Å²) in [6.07, 6.45) is 2.53. The lowest BCUT2D eigenvalue weighted by molar-refractivity contribution is -0.135. The Labute approximate surface area is 131 Å². The van der Waals surface area contributed by atoms with Crippen LogP contribution in [-0.2, 0) is 16.6 Å². The van der Waals surface area contributed by atoms with Crippen molar-refractivity contribution in [2.24, 2.45) is 23.8 Å². The minimum absolute atomic E-state index is 0.0413. The number of aryl methyl sites for hydroxylation is 1. The van der Waals surface area contributed by atoms with E-state index >= 15 is 0 Å². The Morgan fingerprint density at radius 3 is 2.41 bits per heavy atom. The molecule has 6 heteroatoms. The largest absolute Gasteiger partial charge is 0.380 e. The second kappa shape index (κ2) is 4.78. The molecule has 1 aliphatic heterocycles. The number of amides is 1. The van der Waals surface area contributed by atoms with Gasteiger partial charge in [-0.05, 0) is 10.8 Å². The molecule has 6 nitrogen and oxygen atoms in total. The number of carbonyl (C=O) groups excluding carboxylic acids is 1. The third-order valence-electron chi connectivity index (χ3n) is 6.19. The van der Waals surface area contributed by atoms with Gasteiger partial charge in [0, 0.05) is 33.0 Å². The molecular formula is C16H26N4O2. The number of carbonyl (C=O) groups is 1. The minimum atomic E-state index is -0.0443. The van der Waals surface area contributed by atoms with Crippen LogP contribution in [0.3, 0.4) is 0 Å². The van der Waals surface area contributed by atoms with Crippen LogP contribution in [0, 0.1) is 16.7 Å². The van der Waals surface area contributed by atoms with Gasteiger partial charge in [-0.3, -0.25) is 4.79 Å². The highest BCUT2D eigenvalue weighted by atomic mass is 16.5. The van der Waals surface area contributed by atoms with Crippen LogP contribution in [0.25, 0.3) is 0 Å². The fourth-order valence-corrected chi connectivity index (χ4v) is 4.03. The molecule has 2 heterocycles. The summed E-state index contributed by atoms with van der Waals surface area (Å²) < 4.78 is 7.41. The minimum Gasteiger partial charge on any atom is -0.380 e. The first-order chi connectivity index (χ1) is 10.2. The van der Waals surface area contributed by atoms with Gasteiger partial charge >= 0.3 is 0 Å². The van der Waals surface area contributed by atoms with Crippen molar-refractivity contribution in [3.05, 3.63) is 12.2 Å². The van der Waals surface area contributed by atoms with Gasteiger partial charge in [0.05, 0.1) is 12.1 Å². The van der Waals surface area contributed by atoms with Crippen LogP contribution >= 0.6 is 0 Å². The van der Waals surface area contributed by atoms with Crippen LogP contribution in [0.5, 0.6) is 0 Å². The molecule has 0 N–H and O–H groups in total. The molecule has 22 heavy (non-hydrogen) atoms. The van der Waals surface area contributed by atoms with E-state index in [2.05, 4.69) is 37.9 Å². The zero-order valence-corrected chi connectivity index (χ0v) is 14.3. The molecule has 0 aromatic carbocycles. The standard InChI is InChI=1S/C16H26N4O2/c1-15(2)12(16(15,3)4)14(21)20-8-10(22-6)7-11(20)13-18-17-9-19(13)5/h9-12H,7-8H2,1-6H3/t10-,11+/m1/s1. The first kappa shape index (κ1) is 15.5. The van der Waals surface area contributed by atoms with Gasteiger partial charge in [-0.1, -0.05) is 27.7 Å². The van der Waals surface area contributed by atoms with E-state index < -0.39 is 0 Å². The summed E-state index contributed by atoms with van der Waals surface area (Å²) >= 11 is 0. The molecule has 1 aliphatic carbocycles. The number of rotatable bonds is 3. The number of aromatic nitrogens is 3. The van der Waals surface area contributed by atoms with Gasteiger partial charge in [-0.2, -0.15) is 0 Å². The van der Waals surface area contributed by atoms with E-state index in [1.165, 1.54) is 0 Å². The van der Waals surface area contributed by atoms with Crippen LogP contribution in [-0.4, -0.2) is 45.3 Å². The first-order valence-corrected chi connectivity index (χ1v) is 7.89. The molecule has 1 amide bonds.